The van der Waals surface area contributed by atoms with Crippen molar-refractivity contribution < 1.29 is 9.21 Å². The Bertz CT molecular complexity index is 1140. The van der Waals surface area contributed by atoms with E-state index in [0.29, 0.717) is 13.1 Å². The lowest BCUT2D eigenvalue weighted by atomic mass is 9.92. The van der Waals surface area contributed by atoms with Gasteiger partial charge in [-0.1, -0.05) is 48.0 Å². The van der Waals surface area contributed by atoms with Gasteiger partial charge in [0.1, 0.15) is 5.76 Å². The molecule has 0 bridgehead atoms. The molecule has 29 heavy (non-hydrogen) atoms. The van der Waals surface area contributed by atoms with Crippen LogP contribution in [0.2, 0.25) is 0 Å². The number of H-pyrrole nitrogens is 1. The minimum absolute atomic E-state index is 0.0868. The van der Waals surface area contributed by atoms with Crippen molar-refractivity contribution in [2.45, 2.75) is 25.9 Å². The molecule has 2 amide bonds. The monoisotopic (exact) mass is 385 g/mol. The first-order valence-electron chi connectivity index (χ1n) is 9.93. The van der Waals surface area contributed by atoms with Gasteiger partial charge in [0.2, 0.25) is 0 Å². The van der Waals surface area contributed by atoms with Gasteiger partial charge in [-0.3, -0.25) is 0 Å². The highest BCUT2D eigenvalue weighted by molar-refractivity contribution is 5.86. The van der Waals surface area contributed by atoms with Crippen molar-refractivity contribution in [2.24, 2.45) is 0 Å². The number of aromatic nitrogens is 1. The second kappa shape index (κ2) is 7.17. The number of aryl methyl sites for hydroxylation is 1. The highest BCUT2D eigenvalue weighted by Gasteiger charge is 2.34. The Labute approximate surface area is 169 Å². The lowest BCUT2D eigenvalue weighted by Crippen LogP contribution is -2.45. The molecule has 0 spiro atoms. The van der Waals surface area contributed by atoms with Crippen LogP contribution in [0.3, 0.4) is 0 Å². The largest absolute Gasteiger partial charge is 0.467 e. The van der Waals surface area contributed by atoms with Crippen LogP contribution < -0.4 is 5.32 Å². The Morgan fingerprint density at radius 1 is 1.14 bits per heavy atom. The zero-order valence-electron chi connectivity index (χ0n) is 16.3. The number of benzene rings is 2. The number of nitrogens with zero attached hydrogens (tertiary/aromatic N) is 1. The molecule has 5 rings (SSSR count). The van der Waals surface area contributed by atoms with Gasteiger partial charge in [0.15, 0.2) is 0 Å². The van der Waals surface area contributed by atoms with Gasteiger partial charge in [0.05, 0.1) is 18.8 Å². The normalized spacial score (nSPS) is 16.0. The van der Waals surface area contributed by atoms with E-state index in [1.807, 2.05) is 23.1 Å². The summed E-state index contributed by atoms with van der Waals surface area (Å²) in [4.78, 5) is 18.6. The smallest absolute Gasteiger partial charge is 0.318 e. The van der Waals surface area contributed by atoms with Crippen LogP contribution in [0.4, 0.5) is 4.79 Å². The molecular weight excluding hydrogens is 362 g/mol. The molecule has 5 heteroatoms. The van der Waals surface area contributed by atoms with Crippen molar-refractivity contribution in [3.05, 3.63) is 95.1 Å². The molecule has 1 atom stereocenters. The first-order chi connectivity index (χ1) is 14.2. The summed E-state index contributed by atoms with van der Waals surface area (Å²) in [5.74, 6) is 0.744. The Kier molecular flexibility index (Phi) is 4.35. The van der Waals surface area contributed by atoms with E-state index in [2.05, 4.69) is 59.7 Å². The van der Waals surface area contributed by atoms with E-state index >= 15 is 0 Å². The zero-order valence-corrected chi connectivity index (χ0v) is 16.3. The summed E-state index contributed by atoms with van der Waals surface area (Å²) in [5.41, 5.74) is 5.84. The SMILES string of the molecule is Cc1ccc(C2c3[nH]c4ccccc4c3CCN2C(=O)NCc2ccco2)cc1. The van der Waals surface area contributed by atoms with Gasteiger partial charge in [-0.25, -0.2) is 4.79 Å². The van der Waals surface area contributed by atoms with Crippen molar-refractivity contribution in [3.63, 3.8) is 0 Å². The Hall–Kier alpha value is -3.47. The average Bonchev–Trinajstić information content (AvgIpc) is 3.39. The van der Waals surface area contributed by atoms with Crippen molar-refractivity contribution in [3.8, 4) is 0 Å². The summed E-state index contributed by atoms with van der Waals surface area (Å²) >= 11 is 0. The summed E-state index contributed by atoms with van der Waals surface area (Å²) in [5, 5.41) is 4.26. The van der Waals surface area contributed by atoms with Gasteiger partial charge in [-0.15, -0.1) is 0 Å². The Morgan fingerprint density at radius 2 is 1.97 bits per heavy atom. The van der Waals surface area contributed by atoms with E-state index in [0.717, 1.165) is 29.0 Å². The molecule has 0 radical (unpaired) electrons. The lowest BCUT2D eigenvalue weighted by molar-refractivity contribution is 0.178. The number of fused-ring (bicyclic) bond motifs is 3. The molecule has 0 saturated carbocycles. The fraction of sp³-hybridized carbons (Fsp3) is 0.208. The van der Waals surface area contributed by atoms with Crippen LogP contribution in [0.25, 0.3) is 10.9 Å². The number of urea groups is 1. The molecule has 1 unspecified atom stereocenters. The molecule has 0 saturated heterocycles. The number of carbonyl (C=O) groups is 1. The van der Waals surface area contributed by atoms with Crippen LogP contribution in [-0.4, -0.2) is 22.5 Å². The van der Waals surface area contributed by atoms with Crippen LogP contribution in [0.15, 0.2) is 71.3 Å². The lowest BCUT2D eigenvalue weighted by Gasteiger charge is -2.36. The number of hydrogen-bond donors (Lipinski definition) is 2. The number of amides is 2. The number of para-hydroxylation sites is 1. The number of furan rings is 1. The molecule has 0 aliphatic carbocycles. The summed E-state index contributed by atoms with van der Waals surface area (Å²) in [6.07, 6.45) is 2.45. The van der Waals surface area contributed by atoms with Gasteiger partial charge in [0.25, 0.3) is 0 Å². The molecular formula is C24H23N3O2. The van der Waals surface area contributed by atoms with Crippen LogP contribution in [-0.2, 0) is 13.0 Å². The average molecular weight is 385 g/mol. The van der Waals surface area contributed by atoms with Crippen LogP contribution >= 0.6 is 0 Å². The van der Waals surface area contributed by atoms with E-state index in [1.165, 1.54) is 16.5 Å². The molecule has 5 nitrogen and oxygen atoms in total. The molecule has 1 aliphatic heterocycles. The molecule has 3 heterocycles. The summed E-state index contributed by atoms with van der Waals surface area (Å²) < 4.78 is 5.35. The van der Waals surface area contributed by atoms with Crippen LogP contribution in [0.5, 0.6) is 0 Å². The molecule has 0 fully saturated rings. The first kappa shape index (κ1) is 17.6. The summed E-state index contributed by atoms with van der Waals surface area (Å²) in [7, 11) is 0. The minimum atomic E-state index is -0.150. The predicted molar refractivity (Wildman–Crippen MR) is 113 cm³/mol. The highest BCUT2D eigenvalue weighted by Crippen LogP contribution is 2.38. The van der Waals surface area contributed by atoms with E-state index in [1.54, 1.807) is 6.26 Å². The Morgan fingerprint density at radius 3 is 2.76 bits per heavy atom. The van der Waals surface area contributed by atoms with Gasteiger partial charge in [-0.2, -0.15) is 0 Å². The van der Waals surface area contributed by atoms with Gasteiger partial charge >= 0.3 is 6.03 Å². The third-order valence-corrected chi connectivity index (χ3v) is 5.68. The van der Waals surface area contributed by atoms with Crippen LogP contribution in [0.1, 0.15) is 34.2 Å². The number of hydrogen-bond acceptors (Lipinski definition) is 2. The minimum Gasteiger partial charge on any atom is -0.467 e. The van der Waals surface area contributed by atoms with Crippen molar-refractivity contribution in [2.75, 3.05) is 6.54 Å². The maximum absolute atomic E-state index is 13.1. The third kappa shape index (κ3) is 3.18. The second-order valence-corrected chi connectivity index (χ2v) is 7.56. The molecule has 146 valence electrons. The maximum atomic E-state index is 13.1. The fourth-order valence-electron chi connectivity index (χ4n) is 4.23. The summed E-state index contributed by atoms with van der Waals surface area (Å²) in [6.45, 7) is 3.12. The van der Waals surface area contributed by atoms with E-state index < -0.39 is 0 Å². The molecule has 2 aromatic heterocycles. The molecule has 4 aromatic rings. The topological polar surface area (TPSA) is 61.3 Å². The van der Waals surface area contributed by atoms with Crippen LogP contribution in [0, 0.1) is 6.92 Å². The number of nitrogens with one attached hydrogen (secondary N) is 2. The van der Waals surface area contributed by atoms with Crippen molar-refractivity contribution in [1.82, 2.24) is 15.2 Å². The third-order valence-electron chi connectivity index (χ3n) is 5.68. The van der Waals surface area contributed by atoms with Gasteiger partial charge in [0, 0.05) is 23.1 Å². The van der Waals surface area contributed by atoms with Crippen molar-refractivity contribution >= 4 is 16.9 Å². The van der Waals surface area contributed by atoms with Gasteiger partial charge < -0.3 is 19.6 Å². The highest BCUT2D eigenvalue weighted by atomic mass is 16.3. The van der Waals surface area contributed by atoms with Crippen molar-refractivity contribution in [1.29, 1.82) is 0 Å². The molecule has 2 N–H and O–H groups in total. The number of aromatic amines is 1. The number of carbonyl (C=O) groups excluding carboxylic acids is 1. The quantitative estimate of drug-likeness (QED) is 0.525. The fourth-order valence-corrected chi connectivity index (χ4v) is 4.23. The molecule has 2 aromatic carbocycles. The standard InChI is InChI=1S/C24H23N3O2/c1-16-8-10-17(11-9-16)23-22-20(19-6-2-3-7-21(19)26-22)12-13-27(23)24(28)25-15-18-5-4-14-29-18/h2-11,14,23,26H,12-13,15H2,1H3,(H,25,28). The first-order valence-corrected chi connectivity index (χ1v) is 9.93. The predicted octanol–water partition coefficient (Wildman–Crippen LogP) is 4.93. The van der Waals surface area contributed by atoms with E-state index in [4.69, 9.17) is 4.42 Å². The zero-order chi connectivity index (χ0) is 19.8. The van der Waals surface area contributed by atoms with Gasteiger partial charge in [-0.05, 0) is 42.7 Å². The number of rotatable bonds is 3. The second-order valence-electron chi connectivity index (χ2n) is 7.56. The maximum Gasteiger partial charge on any atom is 0.318 e. The Balaban J connectivity index is 1.53. The molecule has 1 aliphatic rings. The van der Waals surface area contributed by atoms with E-state index in [-0.39, 0.29) is 12.1 Å². The van der Waals surface area contributed by atoms with E-state index in [9.17, 15) is 4.79 Å². The summed E-state index contributed by atoms with van der Waals surface area (Å²) in [6, 6.07) is 20.3.